The summed E-state index contributed by atoms with van der Waals surface area (Å²) in [7, 11) is 3.53. The molecule has 0 aliphatic heterocycles. The summed E-state index contributed by atoms with van der Waals surface area (Å²) in [6, 6.07) is 7.76. The van der Waals surface area contributed by atoms with Gasteiger partial charge in [0.1, 0.15) is 5.75 Å². The predicted octanol–water partition coefficient (Wildman–Crippen LogP) is 1.31. The standard InChI is InChI=1S/C14H20N2O2/c1-15-10-14(6-7-14)13(17)16-9-11-4-3-5-12(8-11)18-2/h3-5,8,15H,6-7,9-10H2,1-2H3,(H,16,17). The Balaban J connectivity index is 1.89. The van der Waals surface area contributed by atoms with Gasteiger partial charge >= 0.3 is 0 Å². The SMILES string of the molecule is CNCC1(C(=O)NCc2cccc(OC)c2)CC1. The molecule has 1 aromatic rings. The summed E-state index contributed by atoms with van der Waals surface area (Å²) < 4.78 is 5.16. The van der Waals surface area contributed by atoms with Crippen LogP contribution in [0.15, 0.2) is 24.3 Å². The van der Waals surface area contributed by atoms with Crippen LogP contribution in [-0.2, 0) is 11.3 Å². The molecule has 2 N–H and O–H groups in total. The van der Waals surface area contributed by atoms with Crippen molar-refractivity contribution in [3.63, 3.8) is 0 Å². The molecule has 4 heteroatoms. The number of carbonyl (C=O) groups excluding carboxylic acids is 1. The first-order chi connectivity index (χ1) is 8.70. The number of hydrogen-bond acceptors (Lipinski definition) is 3. The van der Waals surface area contributed by atoms with Crippen molar-refractivity contribution in [3.8, 4) is 5.75 Å². The molecule has 1 aliphatic rings. The van der Waals surface area contributed by atoms with E-state index in [4.69, 9.17) is 4.74 Å². The molecule has 2 rings (SSSR count). The van der Waals surface area contributed by atoms with Crippen LogP contribution < -0.4 is 15.4 Å². The van der Waals surface area contributed by atoms with E-state index in [1.54, 1.807) is 7.11 Å². The predicted molar refractivity (Wildman–Crippen MR) is 70.4 cm³/mol. The fraction of sp³-hybridized carbons (Fsp3) is 0.500. The Labute approximate surface area is 108 Å². The van der Waals surface area contributed by atoms with E-state index in [0.717, 1.165) is 30.7 Å². The van der Waals surface area contributed by atoms with Gasteiger partial charge in [0.2, 0.25) is 5.91 Å². The number of amides is 1. The van der Waals surface area contributed by atoms with E-state index in [0.29, 0.717) is 6.54 Å². The third-order valence-electron chi connectivity index (χ3n) is 3.44. The summed E-state index contributed by atoms with van der Waals surface area (Å²) >= 11 is 0. The summed E-state index contributed by atoms with van der Waals surface area (Å²) in [5.41, 5.74) is 0.899. The first-order valence-electron chi connectivity index (χ1n) is 6.26. The molecule has 0 spiro atoms. The zero-order valence-electron chi connectivity index (χ0n) is 11.0. The van der Waals surface area contributed by atoms with Crippen LogP contribution in [0.2, 0.25) is 0 Å². The molecular weight excluding hydrogens is 228 g/mol. The Morgan fingerprint density at radius 2 is 2.22 bits per heavy atom. The van der Waals surface area contributed by atoms with Gasteiger partial charge in [0.25, 0.3) is 0 Å². The van der Waals surface area contributed by atoms with E-state index in [9.17, 15) is 4.79 Å². The van der Waals surface area contributed by atoms with Crippen LogP contribution in [0.4, 0.5) is 0 Å². The summed E-state index contributed by atoms with van der Waals surface area (Å²) in [4.78, 5) is 12.1. The highest BCUT2D eigenvalue weighted by atomic mass is 16.5. The highest BCUT2D eigenvalue weighted by Gasteiger charge is 2.48. The second-order valence-electron chi connectivity index (χ2n) is 4.84. The van der Waals surface area contributed by atoms with Crippen molar-refractivity contribution in [2.75, 3.05) is 20.7 Å². The fourth-order valence-corrected chi connectivity index (χ4v) is 2.13. The average molecular weight is 248 g/mol. The van der Waals surface area contributed by atoms with E-state index in [1.165, 1.54) is 0 Å². The lowest BCUT2D eigenvalue weighted by Gasteiger charge is -2.14. The Morgan fingerprint density at radius 1 is 1.44 bits per heavy atom. The Morgan fingerprint density at radius 3 is 2.83 bits per heavy atom. The van der Waals surface area contributed by atoms with Gasteiger partial charge in [-0.3, -0.25) is 4.79 Å². The van der Waals surface area contributed by atoms with Crippen molar-refractivity contribution in [1.29, 1.82) is 0 Å². The lowest BCUT2D eigenvalue weighted by atomic mass is 10.1. The van der Waals surface area contributed by atoms with Gasteiger partial charge in [0.05, 0.1) is 12.5 Å². The first-order valence-corrected chi connectivity index (χ1v) is 6.26. The second-order valence-corrected chi connectivity index (χ2v) is 4.84. The van der Waals surface area contributed by atoms with Crippen LogP contribution in [0.1, 0.15) is 18.4 Å². The molecule has 1 saturated carbocycles. The average Bonchev–Trinajstić information content (AvgIpc) is 3.17. The van der Waals surface area contributed by atoms with Crippen molar-refractivity contribution in [3.05, 3.63) is 29.8 Å². The third kappa shape index (κ3) is 2.82. The quantitative estimate of drug-likeness (QED) is 0.798. The third-order valence-corrected chi connectivity index (χ3v) is 3.44. The maximum Gasteiger partial charge on any atom is 0.227 e. The number of benzene rings is 1. The van der Waals surface area contributed by atoms with Gasteiger partial charge in [0.15, 0.2) is 0 Å². The maximum atomic E-state index is 12.1. The van der Waals surface area contributed by atoms with E-state index in [1.807, 2.05) is 31.3 Å². The minimum atomic E-state index is -0.159. The zero-order valence-corrected chi connectivity index (χ0v) is 11.0. The van der Waals surface area contributed by atoms with Gasteiger partial charge in [-0.15, -0.1) is 0 Å². The molecule has 0 radical (unpaired) electrons. The molecule has 1 aromatic carbocycles. The number of rotatable bonds is 6. The lowest BCUT2D eigenvalue weighted by molar-refractivity contribution is -0.126. The number of ether oxygens (including phenoxy) is 1. The van der Waals surface area contributed by atoms with Crippen LogP contribution in [0.25, 0.3) is 0 Å². The lowest BCUT2D eigenvalue weighted by Crippen LogP contribution is -2.37. The largest absolute Gasteiger partial charge is 0.497 e. The molecule has 0 unspecified atom stereocenters. The molecule has 1 aliphatic carbocycles. The number of nitrogens with one attached hydrogen (secondary N) is 2. The molecular formula is C14H20N2O2. The van der Waals surface area contributed by atoms with Gasteiger partial charge in [0, 0.05) is 13.1 Å². The Kier molecular flexibility index (Phi) is 3.87. The van der Waals surface area contributed by atoms with Gasteiger partial charge in [-0.1, -0.05) is 12.1 Å². The highest BCUT2D eigenvalue weighted by molar-refractivity contribution is 5.85. The van der Waals surface area contributed by atoms with Crippen molar-refractivity contribution < 1.29 is 9.53 Å². The summed E-state index contributed by atoms with van der Waals surface area (Å²) in [6.45, 7) is 1.32. The van der Waals surface area contributed by atoms with Crippen molar-refractivity contribution in [2.45, 2.75) is 19.4 Å². The molecule has 0 bridgehead atoms. The minimum Gasteiger partial charge on any atom is -0.497 e. The van der Waals surface area contributed by atoms with Crippen molar-refractivity contribution in [1.82, 2.24) is 10.6 Å². The van der Waals surface area contributed by atoms with Gasteiger partial charge < -0.3 is 15.4 Å². The van der Waals surface area contributed by atoms with Crippen LogP contribution in [0.3, 0.4) is 0 Å². The molecule has 0 heterocycles. The molecule has 18 heavy (non-hydrogen) atoms. The number of carbonyl (C=O) groups is 1. The maximum absolute atomic E-state index is 12.1. The molecule has 1 amide bonds. The summed E-state index contributed by atoms with van der Waals surface area (Å²) in [5.74, 6) is 0.970. The molecule has 98 valence electrons. The molecule has 1 fully saturated rings. The summed E-state index contributed by atoms with van der Waals surface area (Å²) in [6.07, 6.45) is 1.97. The normalized spacial score (nSPS) is 16.1. The smallest absolute Gasteiger partial charge is 0.227 e. The molecule has 0 atom stereocenters. The van der Waals surface area contributed by atoms with Crippen LogP contribution >= 0.6 is 0 Å². The van der Waals surface area contributed by atoms with Crippen LogP contribution in [0, 0.1) is 5.41 Å². The number of methoxy groups -OCH3 is 1. The van der Waals surface area contributed by atoms with E-state index < -0.39 is 0 Å². The zero-order chi connectivity index (χ0) is 13.0. The highest BCUT2D eigenvalue weighted by Crippen LogP contribution is 2.45. The first kappa shape index (κ1) is 12.9. The van der Waals surface area contributed by atoms with Gasteiger partial charge in [-0.2, -0.15) is 0 Å². The fourth-order valence-electron chi connectivity index (χ4n) is 2.13. The van der Waals surface area contributed by atoms with E-state index in [-0.39, 0.29) is 11.3 Å². The van der Waals surface area contributed by atoms with E-state index >= 15 is 0 Å². The second kappa shape index (κ2) is 5.40. The minimum absolute atomic E-state index is 0.152. The van der Waals surface area contributed by atoms with E-state index in [2.05, 4.69) is 10.6 Å². The number of hydrogen-bond donors (Lipinski definition) is 2. The van der Waals surface area contributed by atoms with Crippen LogP contribution in [0.5, 0.6) is 5.75 Å². The molecule has 0 saturated heterocycles. The Hall–Kier alpha value is -1.55. The van der Waals surface area contributed by atoms with Gasteiger partial charge in [-0.05, 0) is 37.6 Å². The van der Waals surface area contributed by atoms with Crippen molar-refractivity contribution in [2.24, 2.45) is 5.41 Å². The summed E-state index contributed by atoms with van der Waals surface area (Å²) in [5, 5.41) is 6.09. The van der Waals surface area contributed by atoms with Gasteiger partial charge in [-0.25, -0.2) is 0 Å². The topological polar surface area (TPSA) is 50.4 Å². The molecule has 4 nitrogen and oxygen atoms in total. The van der Waals surface area contributed by atoms with Crippen LogP contribution in [-0.4, -0.2) is 26.6 Å². The van der Waals surface area contributed by atoms with Crippen molar-refractivity contribution >= 4 is 5.91 Å². The Bertz CT molecular complexity index is 428. The monoisotopic (exact) mass is 248 g/mol. The molecule has 0 aromatic heterocycles.